The zero-order valence-corrected chi connectivity index (χ0v) is 20.5. The topological polar surface area (TPSA) is 68.2 Å². The molecule has 2 fully saturated rings. The van der Waals surface area contributed by atoms with Gasteiger partial charge in [-0.1, -0.05) is 38.0 Å². The summed E-state index contributed by atoms with van der Waals surface area (Å²) >= 11 is 0. The van der Waals surface area contributed by atoms with Gasteiger partial charge in [-0.25, -0.2) is 0 Å². The first-order valence-electron chi connectivity index (χ1n) is 12.4. The first-order chi connectivity index (χ1) is 15.9. The Kier molecular flexibility index (Phi) is 7.34. The minimum Gasteiger partial charge on any atom is -0.493 e. The van der Waals surface area contributed by atoms with Crippen LogP contribution in [0.4, 0.5) is 0 Å². The average molecular weight is 458 g/mol. The van der Waals surface area contributed by atoms with Crippen LogP contribution in [-0.2, 0) is 16.1 Å². The molecule has 6 heteroatoms. The lowest BCUT2D eigenvalue weighted by Gasteiger charge is -2.46. The molecule has 1 aromatic rings. The molecule has 2 aliphatic carbocycles. The number of benzene rings is 1. The fourth-order valence-electron chi connectivity index (χ4n) is 6.30. The molecule has 0 bridgehead atoms. The molecule has 0 amide bonds. The summed E-state index contributed by atoms with van der Waals surface area (Å²) < 4.78 is 16.8. The van der Waals surface area contributed by atoms with Crippen LogP contribution >= 0.6 is 0 Å². The number of aliphatic hydroxyl groups excluding tert-OH is 1. The van der Waals surface area contributed by atoms with Gasteiger partial charge in [0.1, 0.15) is 6.10 Å². The molecular formula is C27H39NO5. The number of carbonyl (C=O) groups is 1. The molecule has 1 N–H and O–H groups in total. The first kappa shape index (κ1) is 24.1. The van der Waals surface area contributed by atoms with E-state index in [0.29, 0.717) is 36.9 Å². The third-order valence-corrected chi connectivity index (χ3v) is 8.02. The summed E-state index contributed by atoms with van der Waals surface area (Å²) in [7, 11) is 3.26. The molecule has 1 saturated carbocycles. The van der Waals surface area contributed by atoms with E-state index in [1.165, 1.54) is 19.3 Å². The molecule has 0 spiro atoms. The SMILES string of the molecule is COc1ccc(CN(CCCO)C[C@@H]2C(=O)O[C@@H]3C[C@]4(C)CCC[C@@H](C)C4=C[C@H]23)cc1OC. The van der Waals surface area contributed by atoms with E-state index in [1.807, 2.05) is 18.2 Å². The number of hydrogen-bond acceptors (Lipinski definition) is 6. The molecule has 33 heavy (non-hydrogen) atoms. The van der Waals surface area contributed by atoms with Crippen molar-refractivity contribution < 1.29 is 24.1 Å². The predicted molar refractivity (Wildman–Crippen MR) is 127 cm³/mol. The summed E-state index contributed by atoms with van der Waals surface area (Å²) in [6, 6.07) is 5.92. The molecule has 1 heterocycles. The number of hydrogen-bond donors (Lipinski definition) is 1. The van der Waals surface area contributed by atoms with Crippen LogP contribution in [0.25, 0.3) is 0 Å². The second kappa shape index (κ2) is 10.1. The molecule has 182 valence electrons. The number of rotatable bonds is 9. The van der Waals surface area contributed by atoms with Gasteiger partial charge in [0.15, 0.2) is 11.5 Å². The van der Waals surface area contributed by atoms with E-state index in [1.54, 1.807) is 19.8 Å². The van der Waals surface area contributed by atoms with Gasteiger partial charge in [0.05, 0.1) is 20.1 Å². The molecule has 4 rings (SSSR count). The highest BCUT2D eigenvalue weighted by molar-refractivity contribution is 5.76. The zero-order chi connectivity index (χ0) is 23.6. The molecule has 1 aromatic carbocycles. The van der Waals surface area contributed by atoms with Gasteiger partial charge in [-0.15, -0.1) is 0 Å². The smallest absolute Gasteiger partial charge is 0.311 e. The molecular weight excluding hydrogens is 418 g/mol. The zero-order valence-electron chi connectivity index (χ0n) is 20.5. The third-order valence-electron chi connectivity index (χ3n) is 8.02. The number of esters is 1. The summed E-state index contributed by atoms with van der Waals surface area (Å²) in [4.78, 5) is 15.3. The molecule has 1 saturated heterocycles. The Hall–Kier alpha value is -2.05. The molecule has 0 radical (unpaired) electrons. The van der Waals surface area contributed by atoms with Crippen molar-refractivity contribution in [3.8, 4) is 11.5 Å². The van der Waals surface area contributed by atoms with Crippen molar-refractivity contribution >= 4 is 5.97 Å². The van der Waals surface area contributed by atoms with Crippen molar-refractivity contribution in [3.63, 3.8) is 0 Å². The van der Waals surface area contributed by atoms with Crippen molar-refractivity contribution in [2.75, 3.05) is 33.9 Å². The van der Waals surface area contributed by atoms with Crippen LogP contribution in [0.1, 0.15) is 51.5 Å². The van der Waals surface area contributed by atoms with Crippen LogP contribution in [0.5, 0.6) is 11.5 Å². The van der Waals surface area contributed by atoms with Gasteiger partial charge < -0.3 is 19.3 Å². The lowest BCUT2D eigenvalue weighted by atomic mass is 9.59. The minimum atomic E-state index is -0.167. The van der Waals surface area contributed by atoms with Crippen LogP contribution in [-0.4, -0.2) is 56.0 Å². The number of aliphatic hydroxyl groups is 1. The van der Waals surface area contributed by atoms with E-state index in [9.17, 15) is 9.90 Å². The van der Waals surface area contributed by atoms with E-state index >= 15 is 0 Å². The highest BCUT2D eigenvalue weighted by Crippen LogP contribution is 2.54. The second-order valence-corrected chi connectivity index (χ2v) is 10.3. The summed E-state index contributed by atoms with van der Waals surface area (Å²) in [5.74, 6) is 1.88. The Bertz CT molecular complexity index is 883. The average Bonchev–Trinajstić information content (AvgIpc) is 3.09. The van der Waals surface area contributed by atoms with Gasteiger partial charge in [0, 0.05) is 32.2 Å². The van der Waals surface area contributed by atoms with Crippen molar-refractivity contribution in [1.82, 2.24) is 4.90 Å². The Labute approximate surface area is 197 Å². The lowest BCUT2D eigenvalue weighted by molar-refractivity contribution is -0.145. The Morgan fingerprint density at radius 1 is 1.24 bits per heavy atom. The standard InChI is InChI=1S/C27H39NO5/c1-18-7-5-10-27(2)15-25-20(14-22(18)27)21(26(30)33-25)17-28(11-6-12-29)16-19-8-9-23(31-3)24(13-19)32-4/h8-9,13-14,18,20-21,25,29H,5-7,10-12,15-17H2,1-4H3/t18-,20-,21+,25-,27+/m1/s1. The molecule has 5 atom stereocenters. The maximum Gasteiger partial charge on any atom is 0.311 e. The van der Waals surface area contributed by atoms with E-state index in [2.05, 4.69) is 24.8 Å². The Morgan fingerprint density at radius 3 is 2.76 bits per heavy atom. The van der Waals surface area contributed by atoms with Gasteiger partial charge in [-0.3, -0.25) is 9.69 Å². The van der Waals surface area contributed by atoms with Crippen molar-refractivity contribution in [2.24, 2.45) is 23.2 Å². The van der Waals surface area contributed by atoms with Crippen molar-refractivity contribution in [1.29, 1.82) is 0 Å². The number of nitrogens with zero attached hydrogens (tertiary/aromatic N) is 1. The van der Waals surface area contributed by atoms with E-state index in [4.69, 9.17) is 14.2 Å². The van der Waals surface area contributed by atoms with Gasteiger partial charge in [0.2, 0.25) is 0 Å². The highest BCUT2D eigenvalue weighted by atomic mass is 16.6. The largest absolute Gasteiger partial charge is 0.493 e. The van der Waals surface area contributed by atoms with Gasteiger partial charge in [0.25, 0.3) is 0 Å². The first-order valence-corrected chi connectivity index (χ1v) is 12.4. The molecule has 6 nitrogen and oxygen atoms in total. The minimum absolute atomic E-state index is 0.0117. The van der Waals surface area contributed by atoms with E-state index < -0.39 is 0 Å². The van der Waals surface area contributed by atoms with Gasteiger partial charge >= 0.3 is 5.97 Å². The molecule has 0 aromatic heterocycles. The lowest BCUT2D eigenvalue weighted by Crippen LogP contribution is -2.41. The quantitative estimate of drug-likeness (QED) is 0.443. The highest BCUT2D eigenvalue weighted by Gasteiger charge is 2.51. The summed E-state index contributed by atoms with van der Waals surface area (Å²) in [5, 5.41) is 9.45. The second-order valence-electron chi connectivity index (χ2n) is 10.3. The molecule has 1 aliphatic heterocycles. The third kappa shape index (κ3) is 4.92. The number of ether oxygens (including phenoxy) is 3. The Balaban J connectivity index is 1.54. The number of allylic oxidation sites excluding steroid dienone is 1. The summed E-state index contributed by atoms with van der Waals surface area (Å²) in [6.45, 7) is 6.84. The predicted octanol–water partition coefficient (Wildman–Crippen LogP) is 4.20. The molecule has 0 unspecified atom stereocenters. The van der Waals surface area contributed by atoms with Crippen LogP contribution in [0.15, 0.2) is 29.8 Å². The Morgan fingerprint density at radius 2 is 2.03 bits per heavy atom. The maximum atomic E-state index is 13.0. The summed E-state index contributed by atoms with van der Waals surface area (Å²) in [5.41, 5.74) is 2.80. The van der Waals surface area contributed by atoms with Crippen molar-refractivity contribution in [2.45, 2.75) is 58.6 Å². The van der Waals surface area contributed by atoms with Crippen LogP contribution in [0.3, 0.4) is 0 Å². The van der Waals surface area contributed by atoms with Crippen LogP contribution in [0.2, 0.25) is 0 Å². The van der Waals surface area contributed by atoms with E-state index in [-0.39, 0.29) is 35.9 Å². The fourth-order valence-corrected chi connectivity index (χ4v) is 6.30. The molecule has 3 aliphatic rings. The normalized spacial score (nSPS) is 31.0. The van der Waals surface area contributed by atoms with Crippen molar-refractivity contribution in [3.05, 3.63) is 35.4 Å². The summed E-state index contributed by atoms with van der Waals surface area (Å²) in [6.07, 6.45) is 7.69. The van der Waals surface area contributed by atoms with Crippen LogP contribution < -0.4 is 9.47 Å². The number of fused-ring (bicyclic) bond motifs is 2. The number of methoxy groups -OCH3 is 2. The maximum absolute atomic E-state index is 13.0. The van der Waals surface area contributed by atoms with Crippen LogP contribution in [0, 0.1) is 23.2 Å². The van der Waals surface area contributed by atoms with Gasteiger partial charge in [-0.2, -0.15) is 0 Å². The van der Waals surface area contributed by atoms with E-state index in [0.717, 1.165) is 18.5 Å². The fraction of sp³-hybridized carbons (Fsp3) is 0.667. The van der Waals surface area contributed by atoms with Gasteiger partial charge in [-0.05, 0) is 54.7 Å². The number of carbonyl (C=O) groups excluding carboxylic acids is 1. The monoisotopic (exact) mass is 457 g/mol.